The van der Waals surface area contributed by atoms with Crippen molar-refractivity contribution in [3.05, 3.63) is 0 Å². The van der Waals surface area contributed by atoms with E-state index in [1.54, 1.807) is 0 Å². The van der Waals surface area contributed by atoms with Crippen molar-refractivity contribution in [2.45, 2.75) is 44.2 Å². The van der Waals surface area contributed by atoms with E-state index in [0.717, 1.165) is 12.8 Å². The van der Waals surface area contributed by atoms with Crippen LogP contribution in [0, 0.1) is 5.92 Å². The predicted molar refractivity (Wildman–Crippen MR) is 65.1 cm³/mol. The minimum atomic E-state index is -2.85. The van der Waals surface area contributed by atoms with Crippen LogP contribution >= 0.6 is 0 Å². The van der Waals surface area contributed by atoms with Gasteiger partial charge in [0, 0.05) is 18.5 Å². The van der Waals surface area contributed by atoms with Crippen molar-refractivity contribution in [3.8, 4) is 0 Å². The van der Waals surface area contributed by atoms with Gasteiger partial charge in [-0.15, -0.1) is 0 Å². The summed E-state index contributed by atoms with van der Waals surface area (Å²) in [5, 5.41) is 2.89. The molecule has 1 atom stereocenters. The molecule has 1 aliphatic carbocycles. The van der Waals surface area contributed by atoms with Gasteiger partial charge in [-0.3, -0.25) is 4.79 Å². The minimum absolute atomic E-state index is 0.0115. The highest BCUT2D eigenvalue weighted by Crippen LogP contribution is 2.32. The van der Waals surface area contributed by atoms with Crippen LogP contribution in [0.15, 0.2) is 0 Å². The first-order valence-electron chi connectivity index (χ1n) is 6.21. The summed E-state index contributed by atoms with van der Waals surface area (Å²) in [4.78, 5) is 11.7. The van der Waals surface area contributed by atoms with Crippen LogP contribution in [0.25, 0.3) is 0 Å². The molecule has 6 heteroatoms. The van der Waals surface area contributed by atoms with Crippen LogP contribution in [0.5, 0.6) is 0 Å². The van der Waals surface area contributed by atoms with E-state index in [1.807, 2.05) is 0 Å². The first kappa shape index (κ1) is 12.8. The predicted octanol–water partition coefficient (Wildman–Crippen LogP) is -0.193. The Kier molecular flexibility index (Phi) is 3.73. The number of rotatable bonds is 4. The van der Waals surface area contributed by atoms with Crippen molar-refractivity contribution in [2.75, 3.05) is 11.5 Å². The zero-order chi connectivity index (χ0) is 12.5. The van der Waals surface area contributed by atoms with Gasteiger partial charge in [0.15, 0.2) is 0 Å². The standard InChI is InChI=1S/C11H20N2O3S/c12-10(8-1-2-8)7-11(14)13-9-3-5-17(15,16)6-4-9/h8-10H,1-7,12H2,(H,13,14). The van der Waals surface area contributed by atoms with Gasteiger partial charge in [-0.2, -0.15) is 0 Å². The second-order valence-electron chi connectivity index (χ2n) is 5.20. The van der Waals surface area contributed by atoms with E-state index in [4.69, 9.17) is 5.73 Å². The second-order valence-corrected chi connectivity index (χ2v) is 7.50. The summed E-state index contributed by atoms with van der Waals surface area (Å²) in [5.74, 6) is 0.861. The van der Waals surface area contributed by atoms with Crippen molar-refractivity contribution in [1.29, 1.82) is 0 Å². The maximum Gasteiger partial charge on any atom is 0.221 e. The van der Waals surface area contributed by atoms with Gasteiger partial charge >= 0.3 is 0 Å². The molecule has 1 aliphatic heterocycles. The molecule has 1 unspecified atom stereocenters. The Labute approximate surface area is 102 Å². The lowest BCUT2D eigenvalue weighted by molar-refractivity contribution is -0.122. The number of carbonyl (C=O) groups excluding carboxylic acids is 1. The number of sulfone groups is 1. The molecule has 2 fully saturated rings. The summed E-state index contributed by atoms with van der Waals surface area (Å²) in [5.41, 5.74) is 5.87. The number of nitrogens with two attached hydrogens (primary N) is 1. The summed E-state index contributed by atoms with van der Waals surface area (Å²) >= 11 is 0. The fourth-order valence-corrected chi connectivity index (χ4v) is 3.72. The van der Waals surface area contributed by atoms with Crippen LogP contribution in [-0.4, -0.2) is 37.9 Å². The van der Waals surface area contributed by atoms with Crippen LogP contribution in [-0.2, 0) is 14.6 Å². The lowest BCUT2D eigenvalue weighted by atomic mass is 10.1. The average molecular weight is 260 g/mol. The smallest absolute Gasteiger partial charge is 0.221 e. The van der Waals surface area contributed by atoms with Crippen molar-refractivity contribution in [3.63, 3.8) is 0 Å². The van der Waals surface area contributed by atoms with Crippen LogP contribution in [0.1, 0.15) is 32.1 Å². The fourth-order valence-electron chi connectivity index (χ4n) is 2.23. The molecule has 0 aromatic rings. The van der Waals surface area contributed by atoms with Crippen LogP contribution < -0.4 is 11.1 Å². The molecule has 98 valence electrons. The minimum Gasteiger partial charge on any atom is -0.353 e. The highest BCUT2D eigenvalue weighted by molar-refractivity contribution is 7.91. The SMILES string of the molecule is NC(CC(=O)NC1CCS(=O)(=O)CC1)C1CC1. The number of amides is 1. The first-order chi connectivity index (χ1) is 7.96. The number of hydrogen-bond acceptors (Lipinski definition) is 4. The van der Waals surface area contributed by atoms with Gasteiger partial charge in [-0.25, -0.2) is 8.42 Å². The van der Waals surface area contributed by atoms with Gasteiger partial charge in [-0.05, 0) is 31.6 Å². The summed E-state index contributed by atoms with van der Waals surface area (Å²) < 4.78 is 22.4. The topological polar surface area (TPSA) is 89.3 Å². The van der Waals surface area contributed by atoms with E-state index in [9.17, 15) is 13.2 Å². The van der Waals surface area contributed by atoms with Crippen molar-refractivity contribution in [1.82, 2.24) is 5.32 Å². The molecule has 17 heavy (non-hydrogen) atoms. The van der Waals surface area contributed by atoms with Crippen LogP contribution in [0.3, 0.4) is 0 Å². The molecule has 1 saturated carbocycles. The molecule has 1 saturated heterocycles. The number of hydrogen-bond donors (Lipinski definition) is 2. The normalized spacial score (nSPS) is 26.4. The van der Waals surface area contributed by atoms with Gasteiger partial charge in [0.25, 0.3) is 0 Å². The average Bonchev–Trinajstić information content (AvgIpc) is 3.04. The monoisotopic (exact) mass is 260 g/mol. The number of carbonyl (C=O) groups is 1. The van der Waals surface area contributed by atoms with Crippen LogP contribution in [0.4, 0.5) is 0 Å². The van der Waals surface area contributed by atoms with Crippen molar-refractivity contribution in [2.24, 2.45) is 11.7 Å². The molecule has 0 aromatic heterocycles. The van der Waals surface area contributed by atoms with Gasteiger partial charge in [0.1, 0.15) is 9.84 Å². The van der Waals surface area contributed by atoms with Gasteiger partial charge in [-0.1, -0.05) is 0 Å². The van der Waals surface area contributed by atoms with E-state index >= 15 is 0 Å². The Morgan fingerprint density at radius 1 is 1.24 bits per heavy atom. The van der Waals surface area contributed by atoms with Gasteiger partial charge < -0.3 is 11.1 Å². The molecular formula is C11H20N2O3S. The quantitative estimate of drug-likeness (QED) is 0.733. The Balaban J connectivity index is 1.72. The van der Waals surface area contributed by atoms with E-state index in [1.165, 1.54) is 0 Å². The zero-order valence-electron chi connectivity index (χ0n) is 9.89. The third-order valence-electron chi connectivity index (χ3n) is 3.57. The summed E-state index contributed by atoms with van der Waals surface area (Å²) in [6.45, 7) is 0. The Morgan fingerprint density at radius 2 is 1.82 bits per heavy atom. The van der Waals surface area contributed by atoms with Gasteiger partial charge in [0.05, 0.1) is 11.5 Å². The number of nitrogens with one attached hydrogen (secondary N) is 1. The lowest BCUT2D eigenvalue weighted by Crippen LogP contribution is -2.43. The third-order valence-corrected chi connectivity index (χ3v) is 5.28. The van der Waals surface area contributed by atoms with E-state index in [-0.39, 0.29) is 29.5 Å². The first-order valence-corrected chi connectivity index (χ1v) is 8.04. The molecule has 1 heterocycles. The lowest BCUT2D eigenvalue weighted by Gasteiger charge is -2.23. The van der Waals surface area contributed by atoms with E-state index in [2.05, 4.69) is 5.32 Å². The highest BCUT2D eigenvalue weighted by atomic mass is 32.2. The molecule has 3 N–H and O–H groups in total. The molecule has 0 aromatic carbocycles. The van der Waals surface area contributed by atoms with E-state index in [0.29, 0.717) is 25.2 Å². The molecule has 2 rings (SSSR count). The molecule has 2 aliphatic rings. The fraction of sp³-hybridized carbons (Fsp3) is 0.909. The summed E-state index contributed by atoms with van der Waals surface area (Å²) in [6.07, 6.45) is 3.71. The largest absolute Gasteiger partial charge is 0.353 e. The molecule has 0 spiro atoms. The maximum atomic E-state index is 11.7. The van der Waals surface area contributed by atoms with Crippen molar-refractivity contribution < 1.29 is 13.2 Å². The van der Waals surface area contributed by atoms with Gasteiger partial charge in [0.2, 0.25) is 5.91 Å². The van der Waals surface area contributed by atoms with E-state index < -0.39 is 9.84 Å². The summed E-state index contributed by atoms with van der Waals surface area (Å²) in [7, 11) is -2.85. The van der Waals surface area contributed by atoms with Crippen molar-refractivity contribution >= 4 is 15.7 Å². The molecule has 0 bridgehead atoms. The molecular weight excluding hydrogens is 240 g/mol. The zero-order valence-corrected chi connectivity index (χ0v) is 10.7. The summed E-state index contributed by atoms with van der Waals surface area (Å²) in [6, 6.07) is -0.0141. The maximum absolute atomic E-state index is 11.7. The second kappa shape index (κ2) is 4.94. The van der Waals surface area contributed by atoms with Crippen LogP contribution in [0.2, 0.25) is 0 Å². The molecule has 1 amide bonds. The Bertz CT molecular complexity index is 376. The Morgan fingerprint density at radius 3 is 2.35 bits per heavy atom. The Hall–Kier alpha value is -0.620. The molecule has 5 nitrogen and oxygen atoms in total. The highest BCUT2D eigenvalue weighted by Gasteiger charge is 2.31. The third kappa shape index (κ3) is 3.96. The molecule has 0 radical (unpaired) electrons.